The summed E-state index contributed by atoms with van der Waals surface area (Å²) in [6.45, 7) is 5.96. The number of hydrogen-bond donors (Lipinski definition) is 1. The Morgan fingerprint density at radius 2 is 2.12 bits per heavy atom. The van der Waals surface area contributed by atoms with Gasteiger partial charge in [-0.1, -0.05) is 0 Å². The lowest BCUT2D eigenvalue weighted by molar-refractivity contribution is -0.138. The van der Waals surface area contributed by atoms with Crippen LogP contribution < -0.4 is 5.32 Å². The average Bonchev–Trinajstić information content (AvgIpc) is 2.73. The third-order valence-corrected chi connectivity index (χ3v) is 4.15. The van der Waals surface area contributed by atoms with Crippen LogP contribution in [0.1, 0.15) is 33.1 Å². The molecule has 2 rings (SSSR count). The van der Waals surface area contributed by atoms with Crippen LogP contribution in [0.3, 0.4) is 0 Å². The predicted molar refractivity (Wildman–Crippen MR) is 66.8 cm³/mol. The van der Waals surface area contributed by atoms with Crippen molar-refractivity contribution >= 4 is 5.91 Å². The van der Waals surface area contributed by atoms with Crippen LogP contribution in [0, 0.1) is 5.92 Å². The predicted octanol–water partition coefficient (Wildman–Crippen LogP) is 1.01. The summed E-state index contributed by atoms with van der Waals surface area (Å²) in [6, 6.07) is 0.732. The monoisotopic (exact) mass is 240 g/mol. The van der Waals surface area contributed by atoms with Gasteiger partial charge in [0, 0.05) is 25.6 Å². The van der Waals surface area contributed by atoms with Gasteiger partial charge >= 0.3 is 0 Å². The fraction of sp³-hybridized carbons (Fsp3) is 0.923. The van der Waals surface area contributed by atoms with Gasteiger partial charge in [0.1, 0.15) is 0 Å². The fourth-order valence-electron chi connectivity index (χ4n) is 3.04. The Balaban J connectivity index is 1.94. The van der Waals surface area contributed by atoms with Crippen LogP contribution in [0.4, 0.5) is 0 Å². The van der Waals surface area contributed by atoms with Gasteiger partial charge in [-0.05, 0) is 39.7 Å². The van der Waals surface area contributed by atoms with Gasteiger partial charge in [0.05, 0.1) is 12.1 Å². The Morgan fingerprint density at radius 1 is 1.35 bits per heavy atom. The molecule has 0 spiro atoms. The SMILES string of the molecule is CC1CC(C(=O)N(C)C2CCOC2C)CCN1. The van der Waals surface area contributed by atoms with E-state index in [2.05, 4.69) is 19.2 Å². The van der Waals surface area contributed by atoms with Crippen LogP contribution in [0.15, 0.2) is 0 Å². The van der Waals surface area contributed by atoms with E-state index in [0.29, 0.717) is 11.9 Å². The topological polar surface area (TPSA) is 41.6 Å². The lowest BCUT2D eigenvalue weighted by Crippen LogP contribution is -2.47. The molecule has 4 unspecified atom stereocenters. The number of nitrogens with zero attached hydrogens (tertiary/aromatic N) is 1. The summed E-state index contributed by atoms with van der Waals surface area (Å²) < 4.78 is 5.54. The summed E-state index contributed by atoms with van der Waals surface area (Å²) in [6.07, 6.45) is 3.09. The molecule has 1 N–H and O–H groups in total. The van der Waals surface area contributed by atoms with Gasteiger partial charge in [-0.2, -0.15) is 0 Å². The van der Waals surface area contributed by atoms with Crippen molar-refractivity contribution < 1.29 is 9.53 Å². The largest absolute Gasteiger partial charge is 0.376 e. The van der Waals surface area contributed by atoms with E-state index >= 15 is 0 Å². The number of ether oxygens (including phenoxy) is 1. The van der Waals surface area contributed by atoms with E-state index in [4.69, 9.17) is 4.74 Å². The molecule has 0 aromatic rings. The van der Waals surface area contributed by atoms with Gasteiger partial charge in [-0.25, -0.2) is 0 Å². The normalized spacial score (nSPS) is 38.1. The Kier molecular flexibility index (Phi) is 4.05. The first-order valence-corrected chi connectivity index (χ1v) is 6.71. The third-order valence-electron chi connectivity index (χ3n) is 4.15. The minimum Gasteiger partial charge on any atom is -0.376 e. The Labute approximate surface area is 104 Å². The van der Waals surface area contributed by atoms with Crippen molar-refractivity contribution in [2.75, 3.05) is 20.2 Å². The van der Waals surface area contributed by atoms with Crippen LogP contribution in [0.25, 0.3) is 0 Å². The van der Waals surface area contributed by atoms with Gasteiger partial charge in [-0.3, -0.25) is 4.79 Å². The molecule has 0 radical (unpaired) electrons. The van der Waals surface area contributed by atoms with Crippen molar-refractivity contribution in [2.24, 2.45) is 5.92 Å². The van der Waals surface area contributed by atoms with E-state index in [0.717, 1.165) is 32.4 Å². The first-order chi connectivity index (χ1) is 8.09. The Bertz CT molecular complexity index is 283. The second kappa shape index (κ2) is 5.36. The van der Waals surface area contributed by atoms with Crippen molar-refractivity contribution in [1.29, 1.82) is 0 Å². The van der Waals surface area contributed by atoms with E-state index in [1.165, 1.54) is 0 Å². The lowest BCUT2D eigenvalue weighted by Gasteiger charge is -2.34. The summed E-state index contributed by atoms with van der Waals surface area (Å²) in [7, 11) is 1.94. The molecule has 0 aromatic carbocycles. The van der Waals surface area contributed by atoms with Gasteiger partial charge in [-0.15, -0.1) is 0 Å². The number of nitrogens with one attached hydrogen (secondary N) is 1. The highest BCUT2D eigenvalue weighted by Gasteiger charge is 2.34. The molecule has 4 nitrogen and oxygen atoms in total. The summed E-state index contributed by atoms with van der Waals surface area (Å²) in [4.78, 5) is 14.3. The van der Waals surface area contributed by atoms with E-state index in [1.54, 1.807) is 0 Å². The molecule has 2 aliphatic heterocycles. The minimum atomic E-state index is 0.183. The molecule has 4 atom stereocenters. The van der Waals surface area contributed by atoms with E-state index < -0.39 is 0 Å². The van der Waals surface area contributed by atoms with Crippen molar-refractivity contribution in [2.45, 2.75) is 51.3 Å². The standard InChI is InChI=1S/C13H24N2O2/c1-9-8-11(4-6-14-9)13(16)15(3)12-5-7-17-10(12)2/h9-12,14H,4-8H2,1-3H3. The molecule has 0 saturated carbocycles. The maximum atomic E-state index is 12.4. The highest BCUT2D eigenvalue weighted by molar-refractivity contribution is 5.79. The number of amides is 1. The average molecular weight is 240 g/mol. The Morgan fingerprint density at radius 3 is 2.71 bits per heavy atom. The summed E-state index contributed by atoms with van der Waals surface area (Å²) in [5.41, 5.74) is 0. The number of likely N-dealkylation sites (N-methyl/N-ethyl adjacent to an activating group) is 1. The summed E-state index contributed by atoms with van der Waals surface area (Å²) in [5.74, 6) is 0.504. The smallest absolute Gasteiger partial charge is 0.225 e. The zero-order valence-electron chi connectivity index (χ0n) is 11.1. The zero-order chi connectivity index (χ0) is 12.4. The summed E-state index contributed by atoms with van der Waals surface area (Å²) in [5, 5.41) is 3.39. The third kappa shape index (κ3) is 2.80. The molecular formula is C13H24N2O2. The van der Waals surface area contributed by atoms with Gasteiger partial charge in [0.15, 0.2) is 0 Å². The maximum Gasteiger partial charge on any atom is 0.225 e. The molecule has 0 aromatic heterocycles. The fourth-order valence-corrected chi connectivity index (χ4v) is 3.04. The van der Waals surface area contributed by atoms with E-state index in [1.807, 2.05) is 11.9 Å². The molecule has 2 heterocycles. The van der Waals surface area contributed by atoms with Crippen molar-refractivity contribution in [1.82, 2.24) is 10.2 Å². The Hall–Kier alpha value is -0.610. The van der Waals surface area contributed by atoms with Crippen LogP contribution in [0.5, 0.6) is 0 Å². The van der Waals surface area contributed by atoms with Crippen molar-refractivity contribution in [3.63, 3.8) is 0 Å². The molecular weight excluding hydrogens is 216 g/mol. The highest BCUT2D eigenvalue weighted by Crippen LogP contribution is 2.24. The van der Waals surface area contributed by atoms with Crippen molar-refractivity contribution in [3.8, 4) is 0 Å². The first kappa shape index (κ1) is 12.8. The quantitative estimate of drug-likeness (QED) is 0.783. The second-order valence-electron chi connectivity index (χ2n) is 5.46. The molecule has 98 valence electrons. The number of hydrogen-bond acceptors (Lipinski definition) is 3. The number of piperidine rings is 1. The van der Waals surface area contributed by atoms with Crippen LogP contribution in [-0.2, 0) is 9.53 Å². The van der Waals surface area contributed by atoms with Gasteiger partial charge in [0.2, 0.25) is 5.91 Å². The zero-order valence-corrected chi connectivity index (χ0v) is 11.1. The van der Waals surface area contributed by atoms with Crippen molar-refractivity contribution in [3.05, 3.63) is 0 Å². The number of carbonyl (C=O) groups excluding carboxylic acids is 1. The lowest BCUT2D eigenvalue weighted by atomic mass is 9.91. The molecule has 2 aliphatic rings. The van der Waals surface area contributed by atoms with E-state index in [-0.39, 0.29) is 18.1 Å². The number of carbonyl (C=O) groups is 1. The van der Waals surface area contributed by atoms with Gasteiger partial charge < -0.3 is 15.0 Å². The first-order valence-electron chi connectivity index (χ1n) is 6.71. The summed E-state index contributed by atoms with van der Waals surface area (Å²) >= 11 is 0. The second-order valence-corrected chi connectivity index (χ2v) is 5.46. The van der Waals surface area contributed by atoms with Crippen LogP contribution in [-0.4, -0.2) is 49.2 Å². The molecule has 17 heavy (non-hydrogen) atoms. The van der Waals surface area contributed by atoms with Crippen LogP contribution >= 0.6 is 0 Å². The number of rotatable bonds is 2. The highest BCUT2D eigenvalue weighted by atomic mass is 16.5. The minimum absolute atomic E-state index is 0.183. The molecule has 0 aliphatic carbocycles. The molecule has 2 saturated heterocycles. The maximum absolute atomic E-state index is 12.4. The molecule has 4 heteroatoms. The van der Waals surface area contributed by atoms with Crippen LogP contribution in [0.2, 0.25) is 0 Å². The van der Waals surface area contributed by atoms with E-state index in [9.17, 15) is 4.79 Å². The molecule has 1 amide bonds. The molecule has 2 fully saturated rings. The molecule has 0 bridgehead atoms. The van der Waals surface area contributed by atoms with Gasteiger partial charge in [0.25, 0.3) is 0 Å².